The van der Waals surface area contributed by atoms with E-state index < -0.39 is 5.97 Å². The summed E-state index contributed by atoms with van der Waals surface area (Å²) in [6.45, 7) is 10.2. The van der Waals surface area contributed by atoms with E-state index in [1.807, 2.05) is 6.92 Å². The maximum Gasteiger partial charge on any atom is 0.303 e. The lowest BCUT2D eigenvalue weighted by atomic mass is 10.1. The van der Waals surface area contributed by atoms with E-state index in [9.17, 15) is 4.79 Å². The molecule has 1 N–H and O–H groups in total. The molecule has 3 nitrogen and oxygen atoms in total. The molecule has 0 aliphatic heterocycles. The summed E-state index contributed by atoms with van der Waals surface area (Å²) in [4.78, 5) is 10.3. The third-order valence-corrected chi connectivity index (χ3v) is 3.29. The van der Waals surface area contributed by atoms with E-state index in [2.05, 4.69) is 13.2 Å². The third kappa shape index (κ3) is 13.2. The second-order valence-electron chi connectivity index (χ2n) is 5.38. The van der Waals surface area contributed by atoms with Crippen LogP contribution in [-0.4, -0.2) is 17.7 Å². The summed E-state index contributed by atoms with van der Waals surface area (Å²) in [6, 6.07) is 0. The van der Waals surface area contributed by atoms with Crippen LogP contribution in [0.25, 0.3) is 0 Å². The van der Waals surface area contributed by atoms with Gasteiger partial charge in [-0.25, -0.2) is 0 Å². The molecule has 0 aromatic rings. The van der Waals surface area contributed by atoms with E-state index in [-0.39, 0.29) is 0 Å². The standard InChI is InChI=1S/C17H30O3/c1-15(2)16(3)20-14-12-10-8-6-4-5-7-9-11-13-17(18)19/h1,3-14H2,2H3,(H,18,19). The Labute approximate surface area is 123 Å². The smallest absolute Gasteiger partial charge is 0.303 e. The predicted octanol–water partition coefficient (Wildman–Crippen LogP) is 5.08. The summed E-state index contributed by atoms with van der Waals surface area (Å²) in [7, 11) is 0. The third-order valence-electron chi connectivity index (χ3n) is 3.29. The van der Waals surface area contributed by atoms with E-state index in [1.54, 1.807) is 0 Å². The Morgan fingerprint density at radius 1 is 0.900 bits per heavy atom. The minimum atomic E-state index is -0.679. The minimum Gasteiger partial charge on any atom is -0.494 e. The van der Waals surface area contributed by atoms with Gasteiger partial charge in [0, 0.05) is 6.42 Å². The average Bonchev–Trinajstić information content (AvgIpc) is 2.39. The second kappa shape index (κ2) is 12.8. The molecular weight excluding hydrogens is 252 g/mol. The minimum absolute atomic E-state index is 0.315. The van der Waals surface area contributed by atoms with Crippen LogP contribution < -0.4 is 0 Å². The van der Waals surface area contributed by atoms with Gasteiger partial charge in [0.15, 0.2) is 0 Å². The van der Waals surface area contributed by atoms with Gasteiger partial charge in [0.05, 0.1) is 6.61 Å². The van der Waals surface area contributed by atoms with Crippen molar-refractivity contribution in [3.05, 3.63) is 24.5 Å². The highest BCUT2D eigenvalue weighted by Gasteiger charge is 1.97. The molecule has 0 aliphatic rings. The zero-order valence-corrected chi connectivity index (χ0v) is 13.0. The number of allylic oxidation sites excluding steroid dienone is 1. The van der Waals surface area contributed by atoms with E-state index >= 15 is 0 Å². The molecule has 0 heterocycles. The Balaban J connectivity index is 3.12. The molecule has 0 aliphatic carbocycles. The van der Waals surface area contributed by atoms with Crippen LogP contribution in [-0.2, 0) is 9.53 Å². The van der Waals surface area contributed by atoms with E-state index in [1.165, 1.54) is 32.1 Å². The number of hydrogen-bond acceptors (Lipinski definition) is 2. The van der Waals surface area contributed by atoms with Crippen LogP contribution in [0.5, 0.6) is 0 Å². The molecule has 0 unspecified atom stereocenters. The largest absolute Gasteiger partial charge is 0.494 e. The van der Waals surface area contributed by atoms with Crippen LogP contribution in [0.4, 0.5) is 0 Å². The Kier molecular flexibility index (Phi) is 12.0. The van der Waals surface area contributed by atoms with Crippen molar-refractivity contribution in [1.82, 2.24) is 0 Å². The van der Waals surface area contributed by atoms with Gasteiger partial charge >= 0.3 is 5.97 Å². The number of rotatable bonds is 14. The number of hydrogen-bond donors (Lipinski definition) is 1. The molecule has 116 valence electrons. The summed E-state index contributed by atoms with van der Waals surface area (Å²) >= 11 is 0. The monoisotopic (exact) mass is 282 g/mol. The highest BCUT2D eigenvalue weighted by Crippen LogP contribution is 2.11. The van der Waals surface area contributed by atoms with E-state index in [4.69, 9.17) is 9.84 Å². The van der Waals surface area contributed by atoms with Gasteiger partial charge in [-0.3, -0.25) is 4.79 Å². The highest BCUT2D eigenvalue weighted by molar-refractivity contribution is 5.66. The first-order valence-corrected chi connectivity index (χ1v) is 7.73. The lowest BCUT2D eigenvalue weighted by Gasteiger charge is -2.08. The first kappa shape index (κ1) is 18.8. The maximum absolute atomic E-state index is 10.3. The van der Waals surface area contributed by atoms with Crippen molar-refractivity contribution in [3.63, 3.8) is 0 Å². The fraction of sp³-hybridized carbons (Fsp3) is 0.706. The van der Waals surface area contributed by atoms with Gasteiger partial charge in [-0.15, -0.1) is 0 Å². The van der Waals surface area contributed by atoms with Gasteiger partial charge in [0.25, 0.3) is 0 Å². The predicted molar refractivity (Wildman–Crippen MR) is 83.7 cm³/mol. The van der Waals surface area contributed by atoms with Crippen molar-refractivity contribution in [2.24, 2.45) is 0 Å². The van der Waals surface area contributed by atoms with Crippen molar-refractivity contribution in [1.29, 1.82) is 0 Å². The summed E-state index contributed by atoms with van der Waals surface area (Å²) in [6.07, 6.45) is 10.6. The van der Waals surface area contributed by atoms with Crippen LogP contribution in [0.15, 0.2) is 24.5 Å². The second-order valence-corrected chi connectivity index (χ2v) is 5.38. The zero-order chi connectivity index (χ0) is 15.2. The lowest BCUT2D eigenvalue weighted by Crippen LogP contribution is -1.95. The molecule has 20 heavy (non-hydrogen) atoms. The van der Waals surface area contributed by atoms with Crippen LogP contribution in [0.2, 0.25) is 0 Å². The number of carboxylic acids is 1. The zero-order valence-electron chi connectivity index (χ0n) is 13.0. The molecule has 0 fully saturated rings. The van der Waals surface area contributed by atoms with Crippen LogP contribution in [0.3, 0.4) is 0 Å². The van der Waals surface area contributed by atoms with Gasteiger partial charge in [-0.1, -0.05) is 58.1 Å². The molecule has 0 rings (SSSR count). The number of carboxylic acid groups (broad SMARTS) is 1. The lowest BCUT2D eigenvalue weighted by molar-refractivity contribution is -0.137. The molecule has 0 atom stereocenters. The van der Waals surface area contributed by atoms with Gasteiger partial charge in [-0.2, -0.15) is 0 Å². The fourth-order valence-corrected chi connectivity index (χ4v) is 1.93. The van der Waals surface area contributed by atoms with Crippen LogP contribution in [0.1, 0.15) is 71.1 Å². The molecule has 0 aromatic carbocycles. The molecule has 0 saturated carbocycles. The summed E-state index contributed by atoms with van der Waals surface area (Å²) in [5.41, 5.74) is 0.896. The summed E-state index contributed by atoms with van der Waals surface area (Å²) < 4.78 is 5.45. The SMILES string of the molecule is C=C(C)C(=C)OCCCCCCCCCCCC(=O)O. The fourth-order valence-electron chi connectivity index (χ4n) is 1.93. The topological polar surface area (TPSA) is 46.5 Å². The van der Waals surface area contributed by atoms with Crippen LogP contribution in [0, 0.1) is 0 Å². The first-order valence-electron chi connectivity index (χ1n) is 7.73. The Hall–Kier alpha value is -1.25. The summed E-state index contributed by atoms with van der Waals surface area (Å²) in [5, 5.41) is 8.50. The van der Waals surface area contributed by atoms with Gasteiger partial charge < -0.3 is 9.84 Å². The number of carbonyl (C=O) groups is 1. The Morgan fingerprint density at radius 2 is 1.35 bits per heavy atom. The normalized spacial score (nSPS) is 10.2. The van der Waals surface area contributed by atoms with Gasteiger partial charge in [0.1, 0.15) is 5.76 Å². The van der Waals surface area contributed by atoms with Crippen molar-refractivity contribution >= 4 is 5.97 Å². The quantitative estimate of drug-likeness (QED) is 0.274. The molecular formula is C17H30O3. The highest BCUT2D eigenvalue weighted by atomic mass is 16.5. The molecule has 0 aromatic heterocycles. The Morgan fingerprint density at radius 3 is 1.80 bits per heavy atom. The van der Waals surface area contributed by atoms with Crippen molar-refractivity contribution in [2.45, 2.75) is 71.1 Å². The molecule has 0 saturated heterocycles. The van der Waals surface area contributed by atoms with E-state index in [0.717, 1.165) is 37.9 Å². The maximum atomic E-state index is 10.3. The Bertz CT molecular complexity index is 295. The molecule has 0 radical (unpaired) electrons. The average molecular weight is 282 g/mol. The van der Waals surface area contributed by atoms with Gasteiger partial charge in [0.2, 0.25) is 0 Å². The summed E-state index contributed by atoms with van der Waals surface area (Å²) in [5.74, 6) is 0.0212. The van der Waals surface area contributed by atoms with Crippen molar-refractivity contribution in [2.75, 3.05) is 6.61 Å². The van der Waals surface area contributed by atoms with Gasteiger partial charge in [-0.05, 0) is 25.3 Å². The van der Waals surface area contributed by atoms with Crippen molar-refractivity contribution in [3.8, 4) is 0 Å². The number of aliphatic carboxylic acids is 1. The van der Waals surface area contributed by atoms with Crippen molar-refractivity contribution < 1.29 is 14.6 Å². The molecule has 0 amide bonds. The molecule has 0 spiro atoms. The van der Waals surface area contributed by atoms with Crippen LogP contribution >= 0.6 is 0 Å². The number of ether oxygens (including phenoxy) is 1. The molecule has 0 bridgehead atoms. The first-order chi connectivity index (χ1) is 9.54. The number of unbranched alkanes of at least 4 members (excludes halogenated alkanes) is 8. The molecule has 3 heteroatoms. The van der Waals surface area contributed by atoms with E-state index in [0.29, 0.717) is 12.2 Å².